The van der Waals surface area contributed by atoms with E-state index in [1.54, 1.807) is 0 Å². The van der Waals surface area contributed by atoms with Crippen LogP contribution in [0.3, 0.4) is 0 Å². The molecule has 0 radical (unpaired) electrons. The van der Waals surface area contributed by atoms with Crippen molar-refractivity contribution in [2.75, 3.05) is 33.4 Å². The second-order valence-corrected chi connectivity index (χ2v) is 5.54. The number of rotatable bonds is 4. The third-order valence-electron chi connectivity index (χ3n) is 1.92. The SMILES string of the molecule is CCNC(=NCC(C)(C)SC)N(C)C. The highest BCUT2D eigenvalue weighted by Crippen LogP contribution is 2.20. The number of thioether (sulfide) groups is 1. The van der Waals surface area contributed by atoms with Gasteiger partial charge in [-0.3, -0.25) is 4.99 Å². The number of nitrogens with zero attached hydrogens (tertiary/aromatic N) is 2. The fourth-order valence-electron chi connectivity index (χ4n) is 0.843. The lowest BCUT2D eigenvalue weighted by Crippen LogP contribution is -2.37. The second kappa shape index (κ2) is 6.17. The Hall–Kier alpha value is -0.380. The largest absolute Gasteiger partial charge is 0.357 e. The van der Waals surface area contributed by atoms with Crippen molar-refractivity contribution < 1.29 is 0 Å². The van der Waals surface area contributed by atoms with E-state index in [9.17, 15) is 0 Å². The van der Waals surface area contributed by atoms with E-state index in [2.05, 4.69) is 37.3 Å². The molecule has 0 saturated carbocycles. The van der Waals surface area contributed by atoms with Gasteiger partial charge < -0.3 is 10.2 Å². The van der Waals surface area contributed by atoms with Crippen LogP contribution < -0.4 is 5.32 Å². The smallest absolute Gasteiger partial charge is 0.193 e. The first-order chi connectivity index (χ1) is 6.43. The summed E-state index contributed by atoms with van der Waals surface area (Å²) in [5, 5.41) is 3.25. The Balaban J connectivity index is 4.29. The van der Waals surface area contributed by atoms with E-state index < -0.39 is 0 Å². The van der Waals surface area contributed by atoms with Gasteiger partial charge in [-0.15, -0.1) is 0 Å². The van der Waals surface area contributed by atoms with Crippen molar-refractivity contribution >= 4 is 17.7 Å². The van der Waals surface area contributed by atoms with Crippen molar-refractivity contribution in [2.24, 2.45) is 4.99 Å². The lowest BCUT2D eigenvalue weighted by Gasteiger charge is -2.22. The molecular weight excluding hydrogens is 194 g/mol. The van der Waals surface area contributed by atoms with E-state index in [4.69, 9.17) is 0 Å². The molecule has 0 saturated heterocycles. The normalized spacial score (nSPS) is 12.9. The van der Waals surface area contributed by atoms with E-state index >= 15 is 0 Å². The van der Waals surface area contributed by atoms with Crippen LogP contribution in [0.25, 0.3) is 0 Å². The van der Waals surface area contributed by atoms with Gasteiger partial charge in [-0.05, 0) is 27.0 Å². The molecule has 0 aromatic heterocycles. The summed E-state index contributed by atoms with van der Waals surface area (Å²) in [6, 6.07) is 0. The Kier molecular flexibility index (Phi) is 6.00. The van der Waals surface area contributed by atoms with Crippen LogP contribution >= 0.6 is 11.8 Å². The number of hydrogen-bond donors (Lipinski definition) is 1. The molecule has 0 heterocycles. The van der Waals surface area contributed by atoms with Gasteiger partial charge in [0.05, 0.1) is 6.54 Å². The van der Waals surface area contributed by atoms with E-state index in [1.807, 2.05) is 30.8 Å². The van der Waals surface area contributed by atoms with Gasteiger partial charge >= 0.3 is 0 Å². The summed E-state index contributed by atoms with van der Waals surface area (Å²) in [6.07, 6.45) is 2.12. The van der Waals surface area contributed by atoms with Crippen molar-refractivity contribution in [3.63, 3.8) is 0 Å². The summed E-state index contributed by atoms with van der Waals surface area (Å²) in [6.45, 7) is 8.25. The minimum Gasteiger partial charge on any atom is -0.357 e. The summed E-state index contributed by atoms with van der Waals surface area (Å²) in [5.41, 5.74) is 0. The average molecular weight is 217 g/mol. The van der Waals surface area contributed by atoms with Gasteiger partial charge in [0, 0.05) is 25.4 Å². The van der Waals surface area contributed by atoms with Crippen molar-refractivity contribution in [3.8, 4) is 0 Å². The maximum absolute atomic E-state index is 4.57. The van der Waals surface area contributed by atoms with Gasteiger partial charge in [0.15, 0.2) is 5.96 Å². The molecule has 3 nitrogen and oxygen atoms in total. The first kappa shape index (κ1) is 13.6. The molecule has 0 amide bonds. The number of guanidine groups is 1. The summed E-state index contributed by atoms with van der Waals surface area (Å²) in [4.78, 5) is 6.58. The fraction of sp³-hybridized carbons (Fsp3) is 0.900. The second-order valence-electron chi connectivity index (χ2n) is 4.03. The van der Waals surface area contributed by atoms with Crippen LogP contribution in [0, 0.1) is 0 Å². The van der Waals surface area contributed by atoms with Crippen molar-refractivity contribution in [3.05, 3.63) is 0 Å². The molecule has 0 unspecified atom stereocenters. The van der Waals surface area contributed by atoms with Crippen LogP contribution in [0.4, 0.5) is 0 Å². The molecule has 84 valence electrons. The number of aliphatic imine (C=N–C) groups is 1. The molecule has 0 aliphatic heterocycles. The molecule has 0 atom stereocenters. The number of nitrogens with one attached hydrogen (secondary N) is 1. The molecule has 0 aliphatic rings. The molecule has 0 rings (SSSR count). The summed E-state index contributed by atoms with van der Waals surface area (Å²) in [5.74, 6) is 0.967. The Bertz CT molecular complexity index is 188. The highest BCUT2D eigenvalue weighted by Gasteiger charge is 2.15. The molecule has 0 bridgehead atoms. The van der Waals surface area contributed by atoms with Gasteiger partial charge in [-0.1, -0.05) is 0 Å². The zero-order valence-electron chi connectivity index (χ0n) is 10.2. The Labute approximate surface area is 92.4 Å². The van der Waals surface area contributed by atoms with Gasteiger partial charge in [-0.2, -0.15) is 11.8 Å². The first-order valence-electron chi connectivity index (χ1n) is 4.93. The zero-order valence-corrected chi connectivity index (χ0v) is 11.0. The Morgan fingerprint density at radius 1 is 1.43 bits per heavy atom. The number of hydrogen-bond acceptors (Lipinski definition) is 2. The zero-order chi connectivity index (χ0) is 11.2. The molecule has 0 fully saturated rings. The van der Waals surface area contributed by atoms with Gasteiger partial charge in [0.2, 0.25) is 0 Å². The van der Waals surface area contributed by atoms with Gasteiger partial charge in [0.1, 0.15) is 0 Å². The molecule has 0 aliphatic carbocycles. The van der Waals surface area contributed by atoms with Crippen molar-refractivity contribution in [2.45, 2.75) is 25.5 Å². The van der Waals surface area contributed by atoms with Crippen molar-refractivity contribution in [1.82, 2.24) is 10.2 Å². The maximum Gasteiger partial charge on any atom is 0.193 e. The lowest BCUT2D eigenvalue weighted by molar-refractivity contribution is 0.577. The molecular formula is C10H23N3S. The summed E-state index contributed by atoms with van der Waals surface area (Å²) >= 11 is 1.85. The van der Waals surface area contributed by atoms with Gasteiger partial charge in [0.25, 0.3) is 0 Å². The van der Waals surface area contributed by atoms with Crippen LogP contribution in [0.15, 0.2) is 4.99 Å². The summed E-state index contributed by atoms with van der Waals surface area (Å²) < 4.78 is 0.219. The summed E-state index contributed by atoms with van der Waals surface area (Å²) in [7, 11) is 4.02. The molecule has 14 heavy (non-hydrogen) atoms. The topological polar surface area (TPSA) is 27.6 Å². The van der Waals surface area contributed by atoms with Gasteiger partial charge in [-0.25, -0.2) is 0 Å². The Morgan fingerprint density at radius 2 is 2.00 bits per heavy atom. The van der Waals surface area contributed by atoms with E-state index in [0.717, 1.165) is 19.0 Å². The van der Waals surface area contributed by atoms with E-state index in [-0.39, 0.29) is 4.75 Å². The van der Waals surface area contributed by atoms with E-state index in [0.29, 0.717) is 0 Å². The predicted octanol–water partition coefficient (Wildman–Crippen LogP) is 1.66. The fourth-order valence-corrected chi connectivity index (χ4v) is 1.04. The quantitative estimate of drug-likeness (QED) is 0.573. The van der Waals surface area contributed by atoms with Crippen LogP contribution in [-0.4, -0.2) is 49.0 Å². The first-order valence-corrected chi connectivity index (χ1v) is 6.16. The van der Waals surface area contributed by atoms with Crippen molar-refractivity contribution in [1.29, 1.82) is 0 Å². The maximum atomic E-state index is 4.57. The third-order valence-corrected chi connectivity index (χ3v) is 3.15. The lowest BCUT2D eigenvalue weighted by atomic mass is 10.2. The minimum atomic E-state index is 0.219. The van der Waals surface area contributed by atoms with Crippen LogP contribution in [0.1, 0.15) is 20.8 Å². The van der Waals surface area contributed by atoms with Crippen LogP contribution in [0.2, 0.25) is 0 Å². The predicted molar refractivity (Wildman–Crippen MR) is 67.3 cm³/mol. The average Bonchev–Trinajstić information content (AvgIpc) is 2.12. The Morgan fingerprint density at radius 3 is 2.36 bits per heavy atom. The molecule has 0 aromatic rings. The van der Waals surface area contributed by atoms with E-state index in [1.165, 1.54) is 0 Å². The molecule has 4 heteroatoms. The molecule has 0 spiro atoms. The monoisotopic (exact) mass is 217 g/mol. The molecule has 0 aromatic carbocycles. The highest BCUT2D eigenvalue weighted by atomic mass is 32.2. The van der Waals surface area contributed by atoms with Crippen LogP contribution in [0.5, 0.6) is 0 Å². The van der Waals surface area contributed by atoms with Crippen LogP contribution in [-0.2, 0) is 0 Å². The standard InChI is InChI=1S/C10H23N3S/c1-7-11-9(13(4)5)12-8-10(2,3)14-6/h7-8H2,1-6H3,(H,11,12). The minimum absolute atomic E-state index is 0.219. The molecule has 1 N–H and O–H groups in total. The third kappa shape index (κ3) is 5.37. The highest BCUT2D eigenvalue weighted by molar-refractivity contribution is 7.99.